The van der Waals surface area contributed by atoms with E-state index in [0.29, 0.717) is 34.5 Å². The first-order valence-electron chi connectivity index (χ1n) is 12.1. The van der Waals surface area contributed by atoms with Gasteiger partial charge < -0.3 is 19.7 Å². The summed E-state index contributed by atoms with van der Waals surface area (Å²) in [6.07, 6.45) is 3.29. The fraction of sp³-hybridized carbons (Fsp3) is 0.296. The van der Waals surface area contributed by atoms with Gasteiger partial charge in [-0.3, -0.25) is 9.88 Å². The summed E-state index contributed by atoms with van der Waals surface area (Å²) in [6.45, 7) is 5.65. The Morgan fingerprint density at radius 3 is 2.70 bits per heavy atom. The highest BCUT2D eigenvalue weighted by Crippen LogP contribution is 2.36. The minimum Gasteiger partial charge on any atom is -0.493 e. The van der Waals surface area contributed by atoms with Crippen LogP contribution in [0.25, 0.3) is 22.2 Å². The van der Waals surface area contributed by atoms with Crippen molar-refractivity contribution in [3.8, 4) is 22.8 Å². The summed E-state index contributed by atoms with van der Waals surface area (Å²) in [5, 5.41) is 12.7. The van der Waals surface area contributed by atoms with Crippen molar-refractivity contribution >= 4 is 33.9 Å². The second-order valence-electron chi connectivity index (χ2n) is 8.95. The van der Waals surface area contributed by atoms with Crippen molar-refractivity contribution in [2.24, 2.45) is 0 Å². The van der Waals surface area contributed by atoms with E-state index >= 15 is 0 Å². The van der Waals surface area contributed by atoms with E-state index in [1.807, 2.05) is 18.2 Å². The molecule has 3 heterocycles. The molecule has 0 radical (unpaired) electrons. The Bertz CT molecular complexity index is 1400. The van der Waals surface area contributed by atoms with Crippen LogP contribution in [-0.4, -0.2) is 78.5 Å². The van der Waals surface area contributed by atoms with Gasteiger partial charge in [-0.05, 0) is 43.4 Å². The molecule has 0 aliphatic carbocycles. The van der Waals surface area contributed by atoms with E-state index in [4.69, 9.17) is 21.1 Å². The van der Waals surface area contributed by atoms with Crippen molar-refractivity contribution in [2.75, 3.05) is 58.8 Å². The fourth-order valence-electron chi connectivity index (χ4n) is 4.31. The number of pyridine rings is 1. The van der Waals surface area contributed by atoms with Gasteiger partial charge in [0.15, 0.2) is 11.5 Å². The zero-order valence-electron chi connectivity index (χ0n) is 20.7. The second kappa shape index (κ2) is 11.2. The van der Waals surface area contributed by atoms with E-state index < -0.39 is 5.82 Å². The topological polar surface area (TPSA) is 75.6 Å². The number of fused-ring (bicyclic) bond motifs is 1. The van der Waals surface area contributed by atoms with Gasteiger partial charge in [0.25, 0.3) is 0 Å². The Balaban J connectivity index is 1.36. The van der Waals surface area contributed by atoms with E-state index in [0.717, 1.165) is 49.3 Å². The molecule has 0 saturated carbocycles. The number of nitrogens with zero attached hydrogens (tertiary/aromatic N) is 5. The molecule has 37 heavy (non-hydrogen) atoms. The largest absolute Gasteiger partial charge is 0.493 e. The van der Waals surface area contributed by atoms with Gasteiger partial charge in [0.05, 0.1) is 30.2 Å². The highest BCUT2D eigenvalue weighted by molar-refractivity contribution is 6.30. The predicted octanol–water partition coefficient (Wildman–Crippen LogP) is 4.86. The number of methoxy groups -OCH3 is 1. The molecule has 0 amide bonds. The number of hydrogen-bond acceptors (Lipinski definition) is 8. The molecule has 2 aromatic heterocycles. The van der Waals surface area contributed by atoms with Gasteiger partial charge in [0.2, 0.25) is 0 Å². The molecule has 0 unspecified atom stereocenters. The Morgan fingerprint density at radius 1 is 1.05 bits per heavy atom. The first-order valence-corrected chi connectivity index (χ1v) is 12.4. The van der Waals surface area contributed by atoms with Crippen molar-refractivity contribution in [2.45, 2.75) is 0 Å². The molecule has 1 aliphatic heterocycles. The average Bonchev–Trinajstić information content (AvgIpc) is 2.91. The van der Waals surface area contributed by atoms with Crippen molar-refractivity contribution in [1.82, 2.24) is 25.0 Å². The average molecular weight is 523 g/mol. The fourth-order valence-corrected chi connectivity index (χ4v) is 4.48. The van der Waals surface area contributed by atoms with E-state index in [2.05, 4.69) is 37.3 Å². The summed E-state index contributed by atoms with van der Waals surface area (Å²) < 4.78 is 26.1. The molecule has 0 spiro atoms. The molecule has 8 nitrogen and oxygen atoms in total. The highest BCUT2D eigenvalue weighted by Gasteiger charge is 2.16. The summed E-state index contributed by atoms with van der Waals surface area (Å²) in [5.74, 6) is 0.852. The van der Waals surface area contributed by atoms with Crippen LogP contribution in [0.3, 0.4) is 0 Å². The number of likely N-dealkylation sites (N-methyl/N-ethyl adjacent to an activating group) is 1. The Kier molecular flexibility index (Phi) is 7.64. The number of halogens is 2. The van der Waals surface area contributed by atoms with Crippen LogP contribution in [-0.2, 0) is 0 Å². The molecule has 1 saturated heterocycles. The third kappa shape index (κ3) is 5.90. The lowest BCUT2D eigenvalue weighted by Gasteiger charge is -2.32. The molecular weight excluding hydrogens is 495 g/mol. The van der Waals surface area contributed by atoms with Crippen LogP contribution < -0.4 is 14.8 Å². The predicted molar refractivity (Wildman–Crippen MR) is 143 cm³/mol. The lowest BCUT2D eigenvalue weighted by Crippen LogP contribution is -2.45. The first-order chi connectivity index (χ1) is 18.0. The summed E-state index contributed by atoms with van der Waals surface area (Å²) >= 11 is 6.06. The van der Waals surface area contributed by atoms with Gasteiger partial charge in [0.1, 0.15) is 12.4 Å². The number of piperazine rings is 1. The lowest BCUT2D eigenvalue weighted by atomic mass is 10.1. The number of hydrogen-bond donors (Lipinski definition) is 1. The molecule has 2 aromatic carbocycles. The Morgan fingerprint density at radius 2 is 1.89 bits per heavy atom. The summed E-state index contributed by atoms with van der Waals surface area (Å²) in [7, 11) is 3.77. The van der Waals surface area contributed by atoms with Crippen molar-refractivity contribution in [3.05, 3.63) is 65.7 Å². The van der Waals surface area contributed by atoms with Crippen LogP contribution in [0.5, 0.6) is 11.5 Å². The van der Waals surface area contributed by atoms with Crippen molar-refractivity contribution in [1.29, 1.82) is 0 Å². The summed E-state index contributed by atoms with van der Waals surface area (Å²) in [6, 6.07) is 11.7. The third-order valence-corrected chi connectivity index (χ3v) is 6.66. The molecule has 4 aromatic rings. The minimum absolute atomic E-state index is 0.281. The Hall–Kier alpha value is -3.53. The van der Waals surface area contributed by atoms with Gasteiger partial charge in [0, 0.05) is 66.6 Å². The normalized spacial score (nSPS) is 14.6. The smallest absolute Gasteiger partial charge is 0.163 e. The number of benzene rings is 2. The maximum Gasteiger partial charge on any atom is 0.163 e. The summed E-state index contributed by atoms with van der Waals surface area (Å²) in [5.41, 5.74) is 2.84. The van der Waals surface area contributed by atoms with Crippen molar-refractivity contribution in [3.63, 3.8) is 0 Å². The Labute approximate surface area is 220 Å². The second-order valence-corrected chi connectivity index (χ2v) is 9.39. The highest BCUT2D eigenvalue weighted by atomic mass is 35.5. The van der Waals surface area contributed by atoms with E-state index in [9.17, 15) is 4.39 Å². The van der Waals surface area contributed by atoms with Gasteiger partial charge >= 0.3 is 0 Å². The zero-order valence-corrected chi connectivity index (χ0v) is 21.5. The van der Waals surface area contributed by atoms with E-state index in [1.54, 1.807) is 25.6 Å². The molecule has 0 atom stereocenters. The molecule has 10 heteroatoms. The number of aromatic nitrogens is 3. The van der Waals surface area contributed by atoms with Gasteiger partial charge in [-0.15, -0.1) is 0 Å². The first kappa shape index (κ1) is 25.1. The lowest BCUT2D eigenvalue weighted by molar-refractivity contribution is 0.133. The third-order valence-electron chi connectivity index (χ3n) is 6.43. The van der Waals surface area contributed by atoms with Gasteiger partial charge in [-0.1, -0.05) is 11.6 Å². The SMILES string of the molecule is COc1cc2c(Nc3cnnc(-c4cc(Cl)ccc4F)c3)ccnc2cc1OCCN1CCN(C)CC1. The molecule has 5 rings (SSSR count). The number of nitrogens with one attached hydrogen (secondary N) is 1. The minimum atomic E-state index is -0.421. The molecule has 1 N–H and O–H groups in total. The quantitative estimate of drug-likeness (QED) is 0.351. The molecule has 1 aliphatic rings. The summed E-state index contributed by atoms with van der Waals surface area (Å²) in [4.78, 5) is 9.26. The van der Waals surface area contributed by atoms with Gasteiger partial charge in [-0.25, -0.2) is 4.39 Å². The van der Waals surface area contributed by atoms with Crippen LogP contribution >= 0.6 is 11.6 Å². The van der Waals surface area contributed by atoms with Crippen LogP contribution in [0, 0.1) is 5.82 Å². The molecule has 0 bridgehead atoms. The maximum atomic E-state index is 14.4. The molecular formula is C27H28ClFN6O2. The molecule has 1 fully saturated rings. The van der Waals surface area contributed by atoms with Crippen LogP contribution in [0.4, 0.5) is 15.8 Å². The van der Waals surface area contributed by atoms with Crippen molar-refractivity contribution < 1.29 is 13.9 Å². The van der Waals surface area contributed by atoms with Crippen LogP contribution in [0.2, 0.25) is 5.02 Å². The number of anilines is 2. The van der Waals surface area contributed by atoms with E-state index in [-0.39, 0.29) is 5.56 Å². The molecule has 192 valence electrons. The van der Waals surface area contributed by atoms with Gasteiger partial charge in [-0.2, -0.15) is 10.2 Å². The van der Waals surface area contributed by atoms with Crippen LogP contribution in [0.1, 0.15) is 0 Å². The van der Waals surface area contributed by atoms with Crippen LogP contribution in [0.15, 0.2) is 54.9 Å². The maximum absolute atomic E-state index is 14.4. The monoisotopic (exact) mass is 522 g/mol. The number of ether oxygens (including phenoxy) is 2. The number of rotatable bonds is 8. The van der Waals surface area contributed by atoms with E-state index in [1.165, 1.54) is 18.2 Å². The standard InChI is InChI=1S/C27H28ClFN6O2/c1-34-7-9-35(10-8-34)11-12-37-27-16-24-21(15-26(27)36-2)23(5-6-30-24)32-19-14-25(33-31-17-19)20-13-18(28)3-4-22(20)29/h3-6,13-17H,7-12H2,1-2H3,(H,30,32,33). The zero-order chi connectivity index (χ0) is 25.8.